The van der Waals surface area contributed by atoms with Crippen LogP contribution in [0.2, 0.25) is 0 Å². The summed E-state index contributed by atoms with van der Waals surface area (Å²) in [6.07, 6.45) is 7.56. The molecule has 2 aromatic carbocycles. The van der Waals surface area contributed by atoms with Crippen LogP contribution in [0, 0.1) is 17.2 Å². The molecule has 0 atom stereocenters. The lowest BCUT2D eigenvalue weighted by atomic mass is 9.88. The van der Waals surface area contributed by atoms with Gasteiger partial charge in [0.05, 0.1) is 5.57 Å². The zero-order chi connectivity index (χ0) is 28.1. The maximum absolute atomic E-state index is 9.50. The van der Waals surface area contributed by atoms with Crippen molar-refractivity contribution in [2.45, 2.75) is 59.8 Å². The number of nitriles is 1. The molecule has 1 fully saturated rings. The predicted octanol–water partition coefficient (Wildman–Crippen LogP) is 9.03. The van der Waals surface area contributed by atoms with Crippen molar-refractivity contribution in [2.75, 3.05) is 32.7 Å². The van der Waals surface area contributed by atoms with Gasteiger partial charge in [0.2, 0.25) is 0 Å². The lowest BCUT2D eigenvalue weighted by molar-refractivity contribution is 0.183. The van der Waals surface area contributed by atoms with Gasteiger partial charge in [-0.3, -0.25) is 0 Å². The van der Waals surface area contributed by atoms with Gasteiger partial charge in [-0.2, -0.15) is 5.26 Å². The second kappa shape index (κ2) is 16.0. The number of benzene rings is 2. The summed E-state index contributed by atoms with van der Waals surface area (Å²) in [6.45, 7) is 9.54. The SMILES string of the molecule is CCC.CN(C)c1ccc2cc(-c3ccc(/C=C(\C#N)C(N)=C4CCC4)s3)ccc2c1.COCCC(C)C. The fraction of sp³-hybridized carbons (Fsp3) is 0.424. The van der Waals surface area contributed by atoms with E-state index in [0.717, 1.165) is 30.2 Å². The van der Waals surface area contributed by atoms with Gasteiger partial charge in [0.25, 0.3) is 0 Å². The van der Waals surface area contributed by atoms with Crippen LogP contribution in [-0.2, 0) is 4.74 Å². The van der Waals surface area contributed by atoms with E-state index >= 15 is 0 Å². The minimum absolute atomic E-state index is 0.581. The molecular weight excluding hydrogens is 486 g/mol. The third kappa shape index (κ3) is 9.35. The van der Waals surface area contributed by atoms with Crippen LogP contribution in [0.4, 0.5) is 5.69 Å². The molecule has 2 N–H and O–H groups in total. The number of anilines is 1. The Labute approximate surface area is 234 Å². The summed E-state index contributed by atoms with van der Waals surface area (Å²) in [5, 5.41) is 12.0. The van der Waals surface area contributed by atoms with Gasteiger partial charge in [-0.15, -0.1) is 11.3 Å². The number of nitrogens with two attached hydrogens (primary N) is 1. The number of methoxy groups -OCH3 is 1. The molecule has 0 unspecified atom stereocenters. The molecule has 38 heavy (non-hydrogen) atoms. The number of ether oxygens (including phenoxy) is 1. The number of nitrogens with zero attached hydrogens (tertiary/aromatic N) is 2. The summed E-state index contributed by atoms with van der Waals surface area (Å²) < 4.78 is 4.85. The molecule has 0 saturated heterocycles. The highest BCUT2D eigenvalue weighted by molar-refractivity contribution is 7.16. The Morgan fingerprint density at radius 2 is 1.74 bits per heavy atom. The molecule has 1 aliphatic carbocycles. The average molecular weight is 532 g/mol. The topological polar surface area (TPSA) is 62.3 Å². The molecule has 1 aromatic heterocycles. The Kier molecular flexibility index (Phi) is 13.1. The largest absolute Gasteiger partial charge is 0.398 e. The molecule has 1 heterocycles. The van der Waals surface area contributed by atoms with Crippen molar-refractivity contribution in [3.8, 4) is 16.5 Å². The third-order valence-electron chi connectivity index (χ3n) is 6.19. The lowest BCUT2D eigenvalue weighted by Crippen LogP contribution is -2.10. The Hall–Kier alpha value is -3.07. The summed E-state index contributed by atoms with van der Waals surface area (Å²) in [5.41, 5.74) is 11.1. The van der Waals surface area contributed by atoms with Crippen molar-refractivity contribution in [2.24, 2.45) is 11.7 Å². The van der Waals surface area contributed by atoms with Crippen LogP contribution in [0.25, 0.3) is 27.3 Å². The van der Waals surface area contributed by atoms with Gasteiger partial charge in [-0.05, 0) is 89.9 Å². The van der Waals surface area contributed by atoms with Crippen LogP contribution < -0.4 is 10.6 Å². The highest BCUT2D eigenvalue weighted by Crippen LogP contribution is 2.34. The molecular formula is C33H45N3OS. The zero-order valence-corrected chi connectivity index (χ0v) is 25.1. The highest BCUT2D eigenvalue weighted by Gasteiger charge is 2.15. The van der Waals surface area contributed by atoms with E-state index in [-0.39, 0.29) is 0 Å². The maximum atomic E-state index is 9.50. The van der Waals surface area contributed by atoms with E-state index in [2.05, 4.69) is 101 Å². The van der Waals surface area contributed by atoms with Gasteiger partial charge in [0.15, 0.2) is 0 Å². The standard InChI is InChI=1S/C24H23N3S.C6H14O.C3H8/c1-27(2)21-9-8-17-12-19(7-6-18(17)13-21)23-11-10-22(28-23)14-20(15-25)24(26)16-4-3-5-16;1-6(2)4-5-7-3;1-3-2/h6-14H,3-5,26H2,1-2H3;6H,4-5H2,1-3H3;3H2,1-2H3/b20-14+;;. The van der Waals surface area contributed by atoms with Crippen LogP contribution in [0.1, 0.15) is 64.7 Å². The molecule has 3 aromatic rings. The van der Waals surface area contributed by atoms with Gasteiger partial charge in [-0.1, -0.05) is 52.3 Å². The minimum atomic E-state index is 0.581. The molecule has 0 amide bonds. The minimum Gasteiger partial charge on any atom is -0.398 e. The Balaban J connectivity index is 0.000000436. The summed E-state index contributed by atoms with van der Waals surface area (Å²) in [4.78, 5) is 4.36. The van der Waals surface area contributed by atoms with Crippen molar-refractivity contribution in [1.82, 2.24) is 0 Å². The van der Waals surface area contributed by atoms with Crippen LogP contribution in [0.15, 0.2) is 65.4 Å². The molecule has 0 aliphatic heterocycles. The molecule has 4 nitrogen and oxygen atoms in total. The van der Waals surface area contributed by atoms with Crippen LogP contribution in [0.5, 0.6) is 0 Å². The first kappa shape index (κ1) is 31.1. The number of hydrogen-bond donors (Lipinski definition) is 1. The number of rotatable bonds is 7. The quantitative estimate of drug-likeness (QED) is 0.309. The van der Waals surface area contributed by atoms with Gasteiger partial charge < -0.3 is 15.4 Å². The fourth-order valence-electron chi connectivity index (χ4n) is 3.73. The summed E-state index contributed by atoms with van der Waals surface area (Å²) >= 11 is 1.69. The predicted molar refractivity (Wildman–Crippen MR) is 168 cm³/mol. The Morgan fingerprint density at radius 3 is 2.26 bits per heavy atom. The van der Waals surface area contributed by atoms with Crippen LogP contribution in [-0.4, -0.2) is 27.8 Å². The van der Waals surface area contributed by atoms with Crippen LogP contribution >= 0.6 is 11.3 Å². The molecule has 1 saturated carbocycles. The zero-order valence-electron chi connectivity index (χ0n) is 24.3. The van der Waals surface area contributed by atoms with Crippen LogP contribution in [0.3, 0.4) is 0 Å². The average Bonchev–Trinajstić information content (AvgIpc) is 3.33. The van der Waals surface area contributed by atoms with Crippen molar-refractivity contribution >= 4 is 33.9 Å². The number of fused-ring (bicyclic) bond motifs is 1. The first-order valence-corrected chi connectivity index (χ1v) is 14.5. The van der Waals surface area contributed by atoms with Gasteiger partial charge in [-0.25, -0.2) is 0 Å². The van der Waals surface area contributed by atoms with Gasteiger partial charge in [0.1, 0.15) is 6.07 Å². The number of allylic oxidation sites excluding steroid dienone is 2. The summed E-state index contributed by atoms with van der Waals surface area (Å²) in [7, 11) is 5.85. The molecule has 1 aliphatic rings. The third-order valence-corrected chi connectivity index (χ3v) is 7.27. The molecule has 0 radical (unpaired) electrons. The van der Waals surface area contributed by atoms with E-state index < -0.39 is 0 Å². The second-order valence-electron chi connectivity index (χ2n) is 10.3. The molecule has 0 spiro atoms. The number of thiophene rings is 1. The fourth-order valence-corrected chi connectivity index (χ4v) is 4.68. The van der Waals surface area contributed by atoms with E-state index in [1.54, 1.807) is 18.4 Å². The van der Waals surface area contributed by atoms with Crippen molar-refractivity contribution in [1.29, 1.82) is 5.26 Å². The molecule has 4 rings (SSSR count). The monoisotopic (exact) mass is 531 g/mol. The number of hydrogen-bond acceptors (Lipinski definition) is 5. The van der Waals surface area contributed by atoms with Gasteiger partial charge in [0, 0.05) is 49.0 Å². The maximum Gasteiger partial charge on any atom is 0.101 e. The van der Waals surface area contributed by atoms with Crippen molar-refractivity contribution < 1.29 is 4.74 Å². The molecule has 5 heteroatoms. The highest BCUT2D eigenvalue weighted by atomic mass is 32.1. The normalized spacial score (nSPS) is 12.6. The first-order valence-electron chi connectivity index (χ1n) is 13.6. The first-order chi connectivity index (χ1) is 18.2. The summed E-state index contributed by atoms with van der Waals surface area (Å²) in [6, 6.07) is 19.5. The summed E-state index contributed by atoms with van der Waals surface area (Å²) in [5.74, 6) is 0.778. The van der Waals surface area contributed by atoms with E-state index in [0.29, 0.717) is 11.3 Å². The van der Waals surface area contributed by atoms with E-state index in [9.17, 15) is 5.26 Å². The van der Waals surface area contributed by atoms with Crippen molar-refractivity contribution in [3.63, 3.8) is 0 Å². The lowest BCUT2D eigenvalue weighted by Gasteiger charge is -2.19. The Morgan fingerprint density at radius 1 is 1.08 bits per heavy atom. The van der Waals surface area contributed by atoms with E-state index in [1.807, 2.05) is 6.08 Å². The van der Waals surface area contributed by atoms with E-state index in [1.165, 1.54) is 51.7 Å². The van der Waals surface area contributed by atoms with Gasteiger partial charge >= 0.3 is 0 Å². The second-order valence-corrected chi connectivity index (χ2v) is 11.4. The Bertz CT molecular complexity index is 1250. The molecule has 204 valence electrons. The van der Waals surface area contributed by atoms with Crippen molar-refractivity contribution in [3.05, 3.63) is 70.3 Å². The van der Waals surface area contributed by atoms with E-state index in [4.69, 9.17) is 10.5 Å². The molecule has 0 bridgehead atoms. The smallest absolute Gasteiger partial charge is 0.101 e.